The highest BCUT2D eigenvalue weighted by Crippen LogP contribution is 2.29. The number of nitrogen functional groups attached to an aromatic ring is 1. The topological polar surface area (TPSA) is 52.3 Å². The largest absolute Gasteiger partial charge is 0.493 e. The van der Waals surface area contributed by atoms with Gasteiger partial charge in [0.25, 0.3) is 0 Å². The van der Waals surface area contributed by atoms with Crippen LogP contribution in [0.3, 0.4) is 0 Å². The van der Waals surface area contributed by atoms with Crippen molar-refractivity contribution in [3.8, 4) is 5.75 Å². The van der Waals surface area contributed by atoms with E-state index < -0.39 is 0 Å². The number of aryl methyl sites for hydroxylation is 1. The van der Waals surface area contributed by atoms with Gasteiger partial charge in [-0.1, -0.05) is 37.6 Å². The van der Waals surface area contributed by atoms with E-state index in [2.05, 4.69) is 13.8 Å². The molecule has 0 fully saturated rings. The van der Waals surface area contributed by atoms with Crippen molar-refractivity contribution in [2.75, 3.05) is 12.3 Å². The van der Waals surface area contributed by atoms with Gasteiger partial charge < -0.3 is 10.5 Å². The third-order valence-electron chi connectivity index (χ3n) is 3.23. The van der Waals surface area contributed by atoms with E-state index in [4.69, 9.17) is 22.1 Å². The standard InChI is InChI=1S/C18H20ClNO2/c1-11(2)10-22-17-7-12(3)16(19)9-15(17)18(21)13-5-4-6-14(20)8-13/h4-9,11H,10,20H2,1-3H3. The predicted octanol–water partition coefficient (Wildman–Crippen LogP) is 4.50. The molecule has 0 aromatic heterocycles. The number of halogens is 1. The number of anilines is 1. The summed E-state index contributed by atoms with van der Waals surface area (Å²) >= 11 is 6.18. The zero-order valence-electron chi connectivity index (χ0n) is 13.0. The molecule has 0 amide bonds. The van der Waals surface area contributed by atoms with Crippen LogP contribution < -0.4 is 10.5 Å². The monoisotopic (exact) mass is 317 g/mol. The summed E-state index contributed by atoms with van der Waals surface area (Å²) in [5, 5.41) is 0.546. The van der Waals surface area contributed by atoms with E-state index in [9.17, 15) is 4.79 Å². The van der Waals surface area contributed by atoms with E-state index in [1.165, 1.54) is 0 Å². The Morgan fingerprint density at radius 3 is 2.64 bits per heavy atom. The number of carbonyl (C=O) groups excluding carboxylic acids is 1. The Morgan fingerprint density at radius 2 is 2.00 bits per heavy atom. The Hall–Kier alpha value is -2.00. The normalized spacial score (nSPS) is 10.8. The Morgan fingerprint density at radius 1 is 1.27 bits per heavy atom. The second kappa shape index (κ2) is 6.84. The number of nitrogens with two attached hydrogens (primary N) is 1. The van der Waals surface area contributed by atoms with E-state index in [0.717, 1.165) is 5.56 Å². The highest BCUT2D eigenvalue weighted by molar-refractivity contribution is 6.32. The molecule has 0 aliphatic rings. The van der Waals surface area contributed by atoms with Crippen LogP contribution in [0.15, 0.2) is 36.4 Å². The Kier molecular flexibility index (Phi) is 5.09. The summed E-state index contributed by atoms with van der Waals surface area (Å²) < 4.78 is 5.80. The lowest BCUT2D eigenvalue weighted by molar-refractivity contribution is 0.103. The first-order valence-corrected chi connectivity index (χ1v) is 7.59. The van der Waals surface area contributed by atoms with Crippen LogP contribution in [0.4, 0.5) is 5.69 Å². The van der Waals surface area contributed by atoms with Crippen LogP contribution in [0.5, 0.6) is 5.75 Å². The van der Waals surface area contributed by atoms with Gasteiger partial charge in [0.15, 0.2) is 5.78 Å². The van der Waals surface area contributed by atoms with Gasteiger partial charge in [-0.25, -0.2) is 0 Å². The molecule has 0 heterocycles. The summed E-state index contributed by atoms with van der Waals surface area (Å²) in [5.41, 5.74) is 8.17. The first-order chi connectivity index (χ1) is 10.4. The van der Waals surface area contributed by atoms with E-state index in [-0.39, 0.29) is 5.78 Å². The molecule has 0 bridgehead atoms. The van der Waals surface area contributed by atoms with E-state index in [0.29, 0.717) is 40.1 Å². The van der Waals surface area contributed by atoms with Crippen molar-refractivity contribution in [1.29, 1.82) is 0 Å². The molecule has 0 spiro atoms. The van der Waals surface area contributed by atoms with Gasteiger partial charge in [-0.15, -0.1) is 0 Å². The van der Waals surface area contributed by atoms with Crippen LogP contribution >= 0.6 is 11.6 Å². The van der Waals surface area contributed by atoms with Crippen molar-refractivity contribution < 1.29 is 9.53 Å². The molecule has 0 aliphatic carbocycles. The highest BCUT2D eigenvalue weighted by atomic mass is 35.5. The minimum atomic E-state index is -0.145. The molecule has 3 nitrogen and oxygen atoms in total. The highest BCUT2D eigenvalue weighted by Gasteiger charge is 2.17. The van der Waals surface area contributed by atoms with Crippen molar-refractivity contribution in [3.63, 3.8) is 0 Å². The second-order valence-corrected chi connectivity index (χ2v) is 6.16. The maximum absolute atomic E-state index is 12.7. The van der Waals surface area contributed by atoms with E-state index >= 15 is 0 Å². The van der Waals surface area contributed by atoms with Gasteiger partial charge in [0.2, 0.25) is 0 Å². The molecule has 0 saturated heterocycles. The van der Waals surface area contributed by atoms with Crippen molar-refractivity contribution in [2.45, 2.75) is 20.8 Å². The van der Waals surface area contributed by atoms with E-state index in [1.54, 1.807) is 30.3 Å². The van der Waals surface area contributed by atoms with Crippen LogP contribution in [0.25, 0.3) is 0 Å². The molecule has 2 aromatic carbocycles. The molecular weight excluding hydrogens is 298 g/mol. The maximum Gasteiger partial charge on any atom is 0.196 e. The third kappa shape index (κ3) is 3.80. The summed E-state index contributed by atoms with van der Waals surface area (Å²) in [7, 11) is 0. The third-order valence-corrected chi connectivity index (χ3v) is 3.63. The Labute approximate surface area is 136 Å². The molecule has 4 heteroatoms. The first-order valence-electron chi connectivity index (χ1n) is 7.21. The predicted molar refractivity (Wildman–Crippen MR) is 90.8 cm³/mol. The average molecular weight is 318 g/mol. The van der Waals surface area contributed by atoms with Crippen LogP contribution in [0.1, 0.15) is 35.3 Å². The van der Waals surface area contributed by atoms with Crippen molar-refractivity contribution in [1.82, 2.24) is 0 Å². The number of hydrogen-bond acceptors (Lipinski definition) is 3. The van der Waals surface area contributed by atoms with Crippen LogP contribution in [-0.4, -0.2) is 12.4 Å². The SMILES string of the molecule is Cc1cc(OCC(C)C)c(C(=O)c2cccc(N)c2)cc1Cl. The number of ketones is 1. The molecule has 2 rings (SSSR count). The Bertz CT molecular complexity index is 695. The average Bonchev–Trinajstić information content (AvgIpc) is 2.47. The van der Waals surface area contributed by atoms with Crippen LogP contribution in [0, 0.1) is 12.8 Å². The number of carbonyl (C=O) groups is 1. The lowest BCUT2D eigenvalue weighted by Crippen LogP contribution is -2.10. The van der Waals surface area contributed by atoms with Crippen LogP contribution in [-0.2, 0) is 0 Å². The number of rotatable bonds is 5. The maximum atomic E-state index is 12.7. The summed E-state index contributed by atoms with van der Waals surface area (Å²) in [6.07, 6.45) is 0. The van der Waals surface area contributed by atoms with Gasteiger partial charge in [-0.2, -0.15) is 0 Å². The fourth-order valence-electron chi connectivity index (χ4n) is 2.04. The number of benzene rings is 2. The van der Waals surface area contributed by atoms with Crippen LogP contribution in [0.2, 0.25) is 5.02 Å². The van der Waals surface area contributed by atoms with Gasteiger partial charge in [-0.3, -0.25) is 4.79 Å². The van der Waals surface area contributed by atoms with Gasteiger partial charge >= 0.3 is 0 Å². The van der Waals surface area contributed by atoms with Gasteiger partial charge in [-0.05, 0) is 42.7 Å². The van der Waals surface area contributed by atoms with Gasteiger partial charge in [0.05, 0.1) is 12.2 Å². The minimum absolute atomic E-state index is 0.145. The molecule has 2 aromatic rings. The van der Waals surface area contributed by atoms with Crippen molar-refractivity contribution in [3.05, 3.63) is 58.1 Å². The molecule has 0 aliphatic heterocycles. The van der Waals surface area contributed by atoms with Crippen molar-refractivity contribution in [2.24, 2.45) is 5.92 Å². The lowest BCUT2D eigenvalue weighted by atomic mass is 10.0. The van der Waals surface area contributed by atoms with Crippen molar-refractivity contribution >= 4 is 23.1 Å². The quantitative estimate of drug-likeness (QED) is 0.652. The molecule has 0 unspecified atom stereocenters. The number of hydrogen-bond donors (Lipinski definition) is 1. The summed E-state index contributed by atoms with van der Waals surface area (Å²) in [5.74, 6) is 0.780. The zero-order chi connectivity index (χ0) is 16.3. The van der Waals surface area contributed by atoms with Gasteiger partial charge in [0, 0.05) is 16.3 Å². The molecule has 22 heavy (non-hydrogen) atoms. The van der Waals surface area contributed by atoms with E-state index in [1.807, 2.05) is 13.0 Å². The molecule has 2 N–H and O–H groups in total. The van der Waals surface area contributed by atoms with Gasteiger partial charge in [0.1, 0.15) is 5.75 Å². The molecule has 0 saturated carbocycles. The number of ether oxygens (including phenoxy) is 1. The Balaban J connectivity index is 2.43. The summed E-state index contributed by atoms with van der Waals surface area (Å²) in [4.78, 5) is 12.7. The second-order valence-electron chi connectivity index (χ2n) is 5.76. The zero-order valence-corrected chi connectivity index (χ0v) is 13.8. The summed E-state index contributed by atoms with van der Waals surface area (Å²) in [6.45, 7) is 6.54. The lowest BCUT2D eigenvalue weighted by Gasteiger charge is -2.14. The molecule has 0 radical (unpaired) electrons. The smallest absolute Gasteiger partial charge is 0.196 e. The molecular formula is C18H20ClNO2. The fraction of sp³-hybridized carbons (Fsp3) is 0.278. The minimum Gasteiger partial charge on any atom is -0.493 e. The summed E-state index contributed by atoms with van der Waals surface area (Å²) in [6, 6.07) is 10.4. The first kappa shape index (κ1) is 16.4. The molecule has 116 valence electrons. The molecule has 0 atom stereocenters. The fourth-order valence-corrected chi connectivity index (χ4v) is 2.21.